The van der Waals surface area contributed by atoms with Crippen molar-refractivity contribution >= 4 is 17.4 Å². The van der Waals surface area contributed by atoms with Crippen molar-refractivity contribution in [2.24, 2.45) is 0 Å². The molecule has 1 heterocycles. The Morgan fingerprint density at radius 3 is 2.03 bits per heavy atom. The van der Waals surface area contributed by atoms with Gasteiger partial charge in [-0.1, -0.05) is 57.2 Å². The van der Waals surface area contributed by atoms with Gasteiger partial charge in [-0.05, 0) is 52.8 Å². The second-order valence-electron chi connectivity index (χ2n) is 10.5. The number of Topliss-reactive ketones (excluding diaryl/α,β-unsaturated/α-hetero) is 1. The first-order valence-electron chi connectivity index (χ1n) is 12.8. The molecule has 3 aromatic carbocycles. The van der Waals surface area contributed by atoms with Crippen molar-refractivity contribution < 1.29 is 28.9 Å². The zero-order chi connectivity index (χ0) is 28.3. The van der Waals surface area contributed by atoms with Gasteiger partial charge in [0.2, 0.25) is 0 Å². The third-order valence-corrected chi connectivity index (χ3v) is 7.10. The summed E-state index contributed by atoms with van der Waals surface area (Å²) in [5, 5.41) is 11.5. The Labute approximate surface area is 229 Å². The third-order valence-electron chi connectivity index (χ3n) is 7.10. The van der Waals surface area contributed by atoms with Gasteiger partial charge in [0.05, 0.1) is 38.5 Å². The highest BCUT2D eigenvalue weighted by atomic mass is 16.5. The lowest BCUT2D eigenvalue weighted by molar-refractivity contribution is -0.139. The van der Waals surface area contributed by atoms with Crippen LogP contribution in [0.5, 0.6) is 17.2 Å². The fraction of sp³-hybridized carbons (Fsp3) is 0.312. The molecule has 1 amide bonds. The molecule has 0 spiro atoms. The van der Waals surface area contributed by atoms with E-state index in [0.29, 0.717) is 30.0 Å². The Bertz CT molecular complexity index is 1380. The van der Waals surface area contributed by atoms with Crippen molar-refractivity contribution in [1.29, 1.82) is 0 Å². The molecule has 0 bridgehead atoms. The number of rotatable bonds is 8. The summed E-state index contributed by atoms with van der Waals surface area (Å²) in [5.41, 5.74) is 3.13. The second-order valence-corrected chi connectivity index (χ2v) is 10.5. The van der Waals surface area contributed by atoms with E-state index in [9.17, 15) is 14.7 Å². The topological polar surface area (TPSA) is 85.3 Å². The van der Waals surface area contributed by atoms with Gasteiger partial charge in [0.1, 0.15) is 23.0 Å². The lowest BCUT2D eigenvalue weighted by atomic mass is 9.85. The van der Waals surface area contributed by atoms with Crippen LogP contribution < -0.4 is 14.2 Å². The standard InChI is InChI=1S/C32H35NO6/c1-32(2,3)22-11-9-21(10-12-22)28-27(29(34)25-16-15-24(38-5)19-26(25)39-6)30(35)31(36)33(28)18-17-20-7-13-23(37-4)14-8-20/h7-16,19,28,34H,17-18H2,1-6H3/b29-27-. The minimum Gasteiger partial charge on any atom is -0.507 e. The molecular weight excluding hydrogens is 494 g/mol. The Balaban J connectivity index is 1.80. The molecule has 0 radical (unpaired) electrons. The van der Waals surface area contributed by atoms with Gasteiger partial charge in [0.15, 0.2) is 0 Å². The number of carbonyl (C=O) groups excluding carboxylic acids is 2. The summed E-state index contributed by atoms with van der Waals surface area (Å²) in [6.07, 6.45) is 0.527. The van der Waals surface area contributed by atoms with E-state index < -0.39 is 17.7 Å². The molecule has 4 rings (SSSR count). The number of amides is 1. The lowest BCUT2D eigenvalue weighted by Crippen LogP contribution is -2.31. The molecule has 39 heavy (non-hydrogen) atoms. The van der Waals surface area contributed by atoms with E-state index in [-0.39, 0.29) is 16.7 Å². The van der Waals surface area contributed by atoms with E-state index in [1.54, 1.807) is 30.2 Å². The Morgan fingerprint density at radius 2 is 1.46 bits per heavy atom. The number of hydrogen-bond donors (Lipinski definition) is 1. The summed E-state index contributed by atoms with van der Waals surface area (Å²) in [7, 11) is 4.61. The van der Waals surface area contributed by atoms with Crippen LogP contribution in [-0.2, 0) is 21.4 Å². The number of hydrogen-bond acceptors (Lipinski definition) is 6. The predicted octanol–water partition coefficient (Wildman–Crippen LogP) is 5.67. The van der Waals surface area contributed by atoms with Gasteiger partial charge in [-0.25, -0.2) is 0 Å². The van der Waals surface area contributed by atoms with Gasteiger partial charge in [-0.15, -0.1) is 0 Å². The molecule has 1 unspecified atom stereocenters. The number of carbonyl (C=O) groups is 2. The number of aliphatic hydroxyl groups excluding tert-OH is 1. The van der Waals surface area contributed by atoms with Gasteiger partial charge in [0, 0.05) is 12.6 Å². The fourth-order valence-electron chi connectivity index (χ4n) is 4.80. The SMILES string of the molecule is COc1ccc(CCN2C(=O)C(=O)/C(=C(\O)c3ccc(OC)cc3OC)C2c2ccc(C(C)(C)C)cc2)cc1. The summed E-state index contributed by atoms with van der Waals surface area (Å²) in [6, 6.07) is 19.6. The summed E-state index contributed by atoms with van der Waals surface area (Å²) in [6.45, 7) is 6.66. The maximum Gasteiger partial charge on any atom is 0.295 e. The molecule has 1 fully saturated rings. The number of ketones is 1. The minimum atomic E-state index is -0.760. The van der Waals surface area contributed by atoms with Crippen molar-refractivity contribution in [3.8, 4) is 17.2 Å². The first-order valence-corrected chi connectivity index (χ1v) is 12.8. The average Bonchev–Trinajstić information content (AvgIpc) is 3.20. The first kappa shape index (κ1) is 27.8. The van der Waals surface area contributed by atoms with Crippen LogP contribution in [0.3, 0.4) is 0 Å². The van der Waals surface area contributed by atoms with Crippen molar-refractivity contribution in [1.82, 2.24) is 4.90 Å². The van der Waals surface area contributed by atoms with Gasteiger partial charge in [0.25, 0.3) is 11.7 Å². The van der Waals surface area contributed by atoms with E-state index >= 15 is 0 Å². The normalized spacial score (nSPS) is 16.9. The predicted molar refractivity (Wildman–Crippen MR) is 150 cm³/mol. The van der Waals surface area contributed by atoms with Crippen molar-refractivity contribution in [2.45, 2.75) is 38.6 Å². The van der Waals surface area contributed by atoms with E-state index in [0.717, 1.165) is 22.4 Å². The van der Waals surface area contributed by atoms with E-state index in [2.05, 4.69) is 20.8 Å². The molecule has 7 nitrogen and oxygen atoms in total. The number of aliphatic hydroxyl groups is 1. The maximum atomic E-state index is 13.5. The average molecular weight is 530 g/mol. The second kappa shape index (κ2) is 11.2. The largest absolute Gasteiger partial charge is 0.507 e. The molecule has 1 aliphatic rings. The van der Waals surface area contributed by atoms with E-state index in [1.807, 2.05) is 48.5 Å². The Kier molecular flexibility index (Phi) is 8.00. The summed E-state index contributed by atoms with van der Waals surface area (Å²) < 4.78 is 16.0. The third kappa shape index (κ3) is 5.62. The van der Waals surface area contributed by atoms with Crippen LogP contribution in [0.1, 0.15) is 49.1 Å². The highest BCUT2D eigenvalue weighted by molar-refractivity contribution is 6.46. The fourth-order valence-corrected chi connectivity index (χ4v) is 4.80. The van der Waals surface area contributed by atoms with Crippen molar-refractivity contribution in [3.05, 3.63) is 94.6 Å². The molecule has 0 saturated carbocycles. The van der Waals surface area contributed by atoms with Crippen LogP contribution in [0.4, 0.5) is 0 Å². The highest BCUT2D eigenvalue weighted by Gasteiger charge is 2.46. The molecule has 0 aliphatic carbocycles. The van der Waals surface area contributed by atoms with Gasteiger partial charge in [-0.2, -0.15) is 0 Å². The molecule has 1 saturated heterocycles. The van der Waals surface area contributed by atoms with Gasteiger partial charge in [-0.3, -0.25) is 9.59 Å². The molecule has 204 valence electrons. The Morgan fingerprint density at radius 1 is 0.846 bits per heavy atom. The van der Waals surface area contributed by atoms with E-state index in [4.69, 9.17) is 14.2 Å². The summed E-state index contributed by atoms with van der Waals surface area (Å²) >= 11 is 0. The molecule has 1 atom stereocenters. The van der Waals surface area contributed by atoms with Gasteiger partial charge < -0.3 is 24.2 Å². The van der Waals surface area contributed by atoms with Crippen LogP contribution in [0.2, 0.25) is 0 Å². The van der Waals surface area contributed by atoms with Crippen LogP contribution in [0, 0.1) is 0 Å². The molecule has 0 aromatic heterocycles. The minimum absolute atomic E-state index is 0.0294. The monoisotopic (exact) mass is 529 g/mol. The maximum absolute atomic E-state index is 13.5. The van der Waals surface area contributed by atoms with Crippen LogP contribution in [-0.4, -0.2) is 49.6 Å². The number of nitrogens with zero attached hydrogens (tertiary/aromatic N) is 1. The summed E-state index contributed by atoms with van der Waals surface area (Å²) in [4.78, 5) is 28.4. The molecular formula is C32H35NO6. The smallest absolute Gasteiger partial charge is 0.295 e. The molecule has 1 aliphatic heterocycles. The zero-order valence-corrected chi connectivity index (χ0v) is 23.3. The van der Waals surface area contributed by atoms with Crippen LogP contribution in [0.25, 0.3) is 5.76 Å². The summed E-state index contributed by atoms with van der Waals surface area (Å²) in [5.74, 6) is -0.0560. The molecule has 1 N–H and O–H groups in total. The van der Waals surface area contributed by atoms with Gasteiger partial charge >= 0.3 is 0 Å². The van der Waals surface area contributed by atoms with Crippen LogP contribution >= 0.6 is 0 Å². The van der Waals surface area contributed by atoms with Crippen LogP contribution in [0.15, 0.2) is 72.3 Å². The first-order chi connectivity index (χ1) is 18.6. The highest BCUT2D eigenvalue weighted by Crippen LogP contribution is 2.42. The number of methoxy groups -OCH3 is 3. The number of likely N-dealkylation sites (tertiary alicyclic amines) is 1. The number of ether oxygens (including phenoxy) is 3. The van der Waals surface area contributed by atoms with Crippen molar-refractivity contribution in [2.75, 3.05) is 27.9 Å². The lowest BCUT2D eigenvalue weighted by Gasteiger charge is -2.27. The van der Waals surface area contributed by atoms with E-state index in [1.165, 1.54) is 14.2 Å². The molecule has 7 heteroatoms. The van der Waals surface area contributed by atoms with Crippen molar-refractivity contribution in [3.63, 3.8) is 0 Å². The zero-order valence-electron chi connectivity index (χ0n) is 23.3. The Hall–Kier alpha value is -4.26. The molecule has 3 aromatic rings. The quantitative estimate of drug-likeness (QED) is 0.230. The number of benzene rings is 3.